The Morgan fingerprint density at radius 2 is 1.91 bits per heavy atom. The van der Waals surface area contributed by atoms with Crippen LogP contribution in [0.15, 0.2) is 30.3 Å². The van der Waals surface area contributed by atoms with Gasteiger partial charge in [-0.15, -0.1) is 0 Å². The van der Waals surface area contributed by atoms with Gasteiger partial charge in [0.25, 0.3) is 0 Å². The van der Waals surface area contributed by atoms with Crippen LogP contribution >= 0.6 is 0 Å². The molecule has 126 valence electrons. The molecule has 1 aliphatic heterocycles. The largest absolute Gasteiger partial charge is 0.481 e. The zero-order valence-electron chi connectivity index (χ0n) is 13.5. The predicted molar refractivity (Wildman–Crippen MR) is 86.9 cm³/mol. The van der Waals surface area contributed by atoms with E-state index in [4.69, 9.17) is 4.74 Å². The Morgan fingerprint density at radius 1 is 1.26 bits per heavy atom. The van der Waals surface area contributed by atoms with Crippen LogP contribution in [0.5, 0.6) is 0 Å². The van der Waals surface area contributed by atoms with Gasteiger partial charge < -0.3 is 15.2 Å². The summed E-state index contributed by atoms with van der Waals surface area (Å²) < 4.78 is 5.32. The van der Waals surface area contributed by atoms with Crippen molar-refractivity contribution in [1.29, 1.82) is 0 Å². The summed E-state index contributed by atoms with van der Waals surface area (Å²) in [5.41, 5.74) is 0.821. The van der Waals surface area contributed by atoms with Gasteiger partial charge in [-0.1, -0.05) is 30.3 Å². The number of hydrogen-bond acceptors (Lipinski definition) is 3. The van der Waals surface area contributed by atoms with E-state index in [2.05, 4.69) is 5.32 Å². The quantitative estimate of drug-likeness (QED) is 0.810. The Morgan fingerprint density at radius 3 is 2.52 bits per heavy atom. The van der Waals surface area contributed by atoms with Gasteiger partial charge in [0.1, 0.15) is 0 Å². The molecule has 1 aliphatic rings. The highest BCUT2D eigenvalue weighted by Gasteiger charge is 2.27. The molecule has 2 N–H and O–H groups in total. The smallest absolute Gasteiger partial charge is 0.308 e. The van der Waals surface area contributed by atoms with Crippen LogP contribution in [0.2, 0.25) is 0 Å². The second-order valence-electron chi connectivity index (χ2n) is 6.18. The van der Waals surface area contributed by atoms with Crippen molar-refractivity contribution in [3.63, 3.8) is 0 Å². The van der Waals surface area contributed by atoms with Crippen molar-refractivity contribution in [2.75, 3.05) is 13.2 Å². The van der Waals surface area contributed by atoms with Crippen LogP contribution in [0.4, 0.5) is 0 Å². The van der Waals surface area contributed by atoms with Crippen molar-refractivity contribution in [2.24, 2.45) is 11.8 Å². The number of carboxylic acid groups (broad SMARTS) is 1. The van der Waals surface area contributed by atoms with E-state index in [0.29, 0.717) is 12.3 Å². The molecule has 1 fully saturated rings. The highest BCUT2D eigenvalue weighted by molar-refractivity contribution is 5.78. The number of carboxylic acids is 1. The average molecular weight is 319 g/mol. The minimum atomic E-state index is -0.913. The minimum Gasteiger partial charge on any atom is -0.481 e. The van der Waals surface area contributed by atoms with E-state index in [0.717, 1.165) is 38.0 Å². The number of benzene rings is 1. The molecule has 0 aromatic heterocycles. The van der Waals surface area contributed by atoms with Gasteiger partial charge in [-0.05, 0) is 37.7 Å². The summed E-state index contributed by atoms with van der Waals surface area (Å²) in [4.78, 5) is 23.6. The van der Waals surface area contributed by atoms with Crippen LogP contribution < -0.4 is 5.32 Å². The highest BCUT2D eigenvalue weighted by Crippen LogP contribution is 2.24. The molecule has 5 heteroatoms. The average Bonchev–Trinajstić information content (AvgIpc) is 2.59. The fourth-order valence-electron chi connectivity index (χ4n) is 2.92. The first-order valence-corrected chi connectivity index (χ1v) is 8.22. The first kappa shape index (κ1) is 17.5. The Labute approximate surface area is 137 Å². The van der Waals surface area contributed by atoms with Crippen LogP contribution in [0.25, 0.3) is 0 Å². The van der Waals surface area contributed by atoms with Gasteiger partial charge in [0, 0.05) is 19.6 Å². The molecule has 1 amide bonds. The van der Waals surface area contributed by atoms with Gasteiger partial charge in [0.15, 0.2) is 0 Å². The lowest BCUT2D eigenvalue weighted by atomic mass is 9.93. The maximum Gasteiger partial charge on any atom is 0.308 e. The molecule has 0 aliphatic carbocycles. The summed E-state index contributed by atoms with van der Waals surface area (Å²) >= 11 is 0. The van der Waals surface area contributed by atoms with Crippen molar-refractivity contribution < 1.29 is 19.4 Å². The molecule has 0 bridgehead atoms. The fourth-order valence-corrected chi connectivity index (χ4v) is 2.92. The molecule has 0 spiro atoms. The van der Waals surface area contributed by atoms with Gasteiger partial charge in [0.05, 0.1) is 12.0 Å². The molecule has 5 nitrogen and oxygen atoms in total. The number of nitrogens with one attached hydrogen (secondary N) is 1. The predicted octanol–water partition coefficient (Wildman–Crippen LogP) is 2.77. The van der Waals surface area contributed by atoms with Crippen molar-refractivity contribution in [1.82, 2.24) is 5.32 Å². The van der Waals surface area contributed by atoms with Crippen LogP contribution in [0.1, 0.15) is 44.2 Å². The zero-order chi connectivity index (χ0) is 16.7. The number of carbonyl (C=O) groups excluding carboxylic acids is 1. The number of amides is 1. The molecule has 0 saturated carbocycles. The fraction of sp³-hybridized carbons (Fsp3) is 0.556. The van der Waals surface area contributed by atoms with Gasteiger partial charge in [-0.3, -0.25) is 9.59 Å². The molecule has 1 saturated heterocycles. The first-order chi connectivity index (χ1) is 11.1. The molecule has 1 heterocycles. The first-order valence-electron chi connectivity index (χ1n) is 8.22. The monoisotopic (exact) mass is 319 g/mol. The van der Waals surface area contributed by atoms with E-state index in [9.17, 15) is 14.7 Å². The van der Waals surface area contributed by atoms with Crippen LogP contribution in [-0.2, 0) is 14.3 Å². The second-order valence-corrected chi connectivity index (χ2v) is 6.18. The minimum absolute atomic E-state index is 0.0848. The molecule has 23 heavy (non-hydrogen) atoms. The van der Waals surface area contributed by atoms with Crippen LogP contribution in [0, 0.1) is 11.8 Å². The zero-order valence-corrected chi connectivity index (χ0v) is 13.5. The van der Waals surface area contributed by atoms with E-state index in [1.807, 2.05) is 30.3 Å². The second kappa shape index (κ2) is 8.67. The summed E-state index contributed by atoms with van der Waals surface area (Å²) in [6, 6.07) is 8.77. The third-order valence-corrected chi connectivity index (χ3v) is 4.49. The van der Waals surface area contributed by atoms with Crippen molar-refractivity contribution in [3.8, 4) is 0 Å². The third-order valence-electron chi connectivity index (χ3n) is 4.49. The van der Waals surface area contributed by atoms with Gasteiger partial charge in [0.2, 0.25) is 5.91 Å². The number of rotatable bonds is 7. The highest BCUT2D eigenvalue weighted by atomic mass is 16.5. The lowest BCUT2D eigenvalue weighted by Crippen LogP contribution is -2.35. The van der Waals surface area contributed by atoms with Crippen LogP contribution in [-0.4, -0.2) is 30.2 Å². The molecule has 0 radical (unpaired) electrons. The summed E-state index contributed by atoms with van der Waals surface area (Å²) in [5.74, 6) is -1.15. The maximum atomic E-state index is 12.3. The summed E-state index contributed by atoms with van der Waals surface area (Å²) in [6.07, 6.45) is 3.26. The van der Waals surface area contributed by atoms with Crippen LogP contribution in [0.3, 0.4) is 0 Å². The summed E-state index contributed by atoms with van der Waals surface area (Å²) in [7, 11) is 0. The lowest BCUT2D eigenvalue weighted by Gasteiger charge is -2.24. The Kier molecular flexibility index (Phi) is 6.59. The van der Waals surface area contributed by atoms with Crippen molar-refractivity contribution in [3.05, 3.63) is 35.9 Å². The Hall–Kier alpha value is -1.88. The maximum absolute atomic E-state index is 12.3. The topological polar surface area (TPSA) is 75.6 Å². The molecule has 2 rings (SSSR count). The Balaban J connectivity index is 1.94. The number of aliphatic carboxylic acids is 1. The molecule has 2 atom stereocenters. The van der Waals surface area contributed by atoms with E-state index >= 15 is 0 Å². The standard InChI is InChI=1S/C18H25NO4/c1-13(18(21)22)17(15-5-3-2-4-6-15)19-16(20)8-7-14-9-11-23-12-10-14/h2-6,13-14,17H,7-12H2,1H3,(H,19,20)(H,21,22). The van der Waals surface area contributed by atoms with E-state index < -0.39 is 17.9 Å². The Bertz CT molecular complexity index is 511. The molecular weight excluding hydrogens is 294 g/mol. The number of hydrogen-bond donors (Lipinski definition) is 2. The molecule has 1 aromatic rings. The van der Waals surface area contributed by atoms with Gasteiger partial charge >= 0.3 is 5.97 Å². The van der Waals surface area contributed by atoms with Gasteiger partial charge in [-0.2, -0.15) is 0 Å². The normalized spacial score (nSPS) is 18.1. The summed E-state index contributed by atoms with van der Waals surface area (Å²) in [6.45, 7) is 3.17. The van der Waals surface area contributed by atoms with E-state index in [-0.39, 0.29) is 5.91 Å². The number of ether oxygens (including phenoxy) is 1. The number of carbonyl (C=O) groups is 2. The SMILES string of the molecule is CC(C(=O)O)C(NC(=O)CCC1CCOCC1)c1ccccc1. The van der Waals surface area contributed by atoms with E-state index in [1.54, 1.807) is 6.92 Å². The van der Waals surface area contributed by atoms with Crippen molar-refractivity contribution in [2.45, 2.75) is 38.6 Å². The van der Waals surface area contributed by atoms with E-state index in [1.165, 1.54) is 0 Å². The lowest BCUT2D eigenvalue weighted by molar-refractivity contribution is -0.142. The van der Waals surface area contributed by atoms with Crippen molar-refractivity contribution >= 4 is 11.9 Å². The summed E-state index contributed by atoms with van der Waals surface area (Å²) in [5, 5.41) is 12.2. The molecule has 2 unspecified atom stereocenters. The third kappa shape index (κ3) is 5.36. The molecular formula is C18H25NO4. The molecule has 1 aromatic carbocycles. The van der Waals surface area contributed by atoms with Gasteiger partial charge in [-0.25, -0.2) is 0 Å².